The van der Waals surface area contributed by atoms with Gasteiger partial charge in [-0.25, -0.2) is 4.79 Å². The first-order valence-electron chi connectivity index (χ1n) is 14.0. The molecule has 0 radical (unpaired) electrons. The fraction of sp³-hybridized carbons (Fsp3) is 0.759. The Balaban J connectivity index is 0.00000153. The highest BCUT2D eigenvalue weighted by Gasteiger charge is 2.55. The molecule has 0 aromatic heterocycles. The van der Waals surface area contributed by atoms with E-state index in [9.17, 15) is 9.90 Å². The summed E-state index contributed by atoms with van der Waals surface area (Å²) in [6.07, 6.45) is 6.66. The zero-order chi connectivity index (χ0) is 27.8. The zero-order valence-electron chi connectivity index (χ0n) is 24.2. The van der Waals surface area contributed by atoms with Gasteiger partial charge in [0.25, 0.3) is 0 Å². The third-order valence-electron chi connectivity index (χ3n) is 8.42. The minimum atomic E-state index is -0.514. The number of ether oxygens (including phenoxy) is 2. The van der Waals surface area contributed by atoms with E-state index in [0.717, 1.165) is 55.7 Å². The number of benzene rings is 1. The predicted molar refractivity (Wildman–Crippen MR) is 147 cm³/mol. The maximum atomic E-state index is 12.6. The molecule has 2 unspecified atom stereocenters. The molecule has 2 aliphatic rings. The van der Waals surface area contributed by atoms with Gasteiger partial charge in [0.05, 0.1) is 30.7 Å². The Morgan fingerprint density at radius 3 is 2.41 bits per heavy atom. The molecule has 5 N–H and O–H groups in total. The van der Waals surface area contributed by atoms with E-state index in [-0.39, 0.29) is 29.1 Å². The standard InChI is InChI=1S/C27H45N3O4.C2H6O/c1-7-20-11-12-21(34-25(32)29(4)16-15-28)24(31)23(20)27(8-2)18-26(3,33-6)14-13-22(27)30(5)17-19-9-10-19;1-2-3/h11-12,19,22,31H,7-10,13-18,28H2,1-6H3;3H,2H2,1H3/p+1/t22?,26-,27+;/m1./s1. The number of hydrogen-bond acceptors (Lipinski definition) is 6. The zero-order valence-corrected chi connectivity index (χ0v) is 24.2. The Bertz CT molecular complexity index is 877. The number of aromatic hydroxyl groups is 1. The fourth-order valence-electron chi connectivity index (χ4n) is 6.23. The summed E-state index contributed by atoms with van der Waals surface area (Å²) in [4.78, 5) is 15.6. The normalized spacial score (nSPS) is 26.1. The summed E-state index contributed by atoms with van der Waals surface area (Å²) < 4.78 is 11.7. The molecule has 1 amide bonds. The molecule has 37 heavy (non-hydrogen) atoms. The number of phenols is 1. The van der Waals surface area contributed by atoms with E-state index in [0.29, 0.717) is 19.1 Å². The van der Waals surface area contributed by atoms with E-state index in [2.05, 4.69) is 27.8 Å². The molecule has 1 aromatic rings. The molecule has 2 saturated carbocycles. The van der Waals surface area contributed by atoms with E-state index in [1.807, 2.05) is 6.07 Å². The van der Waals surface area contributed by atoms with Crippen LogP contribution in [0.5, 0.6) is 11.5 Å². The van der Waals surface area contributed by atoms with Crippen LogP contribution in [-0.4, -0.2) is 80.3 Å². The second-order valence-electron chi connectivity index (χ2n) is 11.1. The number of nitrogens with one attached hydrogen (secondary N) is 1. The van der Waals surface area contributed by atoms with E-state index in [1.54, 1.807) is 27.1 Å². The highest BCUT2D eigenvalue weighted by Crippen LogP contribution is 2.52. The number of amides is 1. The van der Waals surface area contributed by atoms with Crippen molar-refractivity contribution in [1.29, 1.82) is 0 Å². The van der Waals surface area contributed by atoms with Crippen LogP contribution in [0.2, 0.25) is 0 Å². The Morgan fingerprint density at radius 1 is 1.24 bits per heavy atom. The number of aliphatic hydroxyl groups excluding tert-OH is 1. The van der Waals surface area contributed by atoms with Gasteiger partial charge in [0.1, 0.15) is 0 Å². The maximum Gasteiger partial charge on any atom is 0.415 e. The number of quaternary nitrogens is 1. The highest BCUT2D eigenvalue weighted by atomic mass is 16.6. The average molecular weight is 523 g/mol. The highest BCUT2D eigenvalue weighted by molar-refractivity contribution is 5.72. The van der Waals surface area contributed by atoms with Crippen molar-refractivity contribution in [1.82, 2.24) is 4.90 Å². The number of nitrogens with zero attached hydrogens (tertiary/aromatic N) is 1. The van der Waals surface area contributed by atoms with Crippen molar-refractivity contribution in [2.75, 3.05) is 47.4 Å². The first-order chi connectivity index (χ1) is 17.6. The lowest BCUT2D eigenvalue weighted by Gasteiger charge is -2.52. The van der Waals surface area contributed by atoms with Gasteiger partial charge in [-0.1, -0.05) is 19.9 Å². The SMILES string of the molecule is CCO.CCc1ccc(OC(=O)N(C)CCN)c(O)c1[C@@]1(CC)C[C@](C)(OC)CCC1[NH+](C)CC1CC1. The van der Waals surface area contributed by atoms with Crippen LogP contribution in [0.15, 0.2) is 12.1 Å². The molecule has 8 heteroatoms. The van der Waals surface area contributed by atoms with E-state index >= 15 is 0 Å². The van der Waals surface area contributed by atoms with Crippen LogP contribution in [0.3, 0.4) is 0 Å². The van der Waals surface area contributed by atoms with Crippen molar-refractivity contribution in [2.24, 2.45) is 11.7 Å². The fourth-order valence-corrected chi connectivity index (χ4v) is 6.23. The number of rotatable bonds is 10. The molecule has 0 heterocycles. The Labute approximate surface area is 224 Å². The molecule has 1 aromatic carbocycles. The van der Waals surface area contributed by atoms with Crippen molar-refractivity contribution in [2.45, 2.75) is 89.7 Å². The van der Waals surface area contributed by atoms with Gasteiger partial charge >= 0.3 is 6.09 Å². The Morgan fingerprint density at radius 2 is 1.89 bits per heavy atom. The molecule has 3 rings (SSSR count). The molecular weight excluding hydrogens is 470 g/mol. The molecular formula is C29H52N3O5+. The van der Waals surface area contributed by atoms with Crippen molar-refractivity contribution >= 4 is 6.09 Å². The van der Waals surface area contributed by atoms with Gasteiger partial charge in [-0.15, -0.1) is 0 Å². The van der Waals surface area contributed by atoms with E-state index < -0.39 is 6.09 Å². The minimum Gasteiger partial charge on any atom is -0.504 e. The molecule has 212 valence electrons. The van der Waals surface area contributed by atoms with Crippen molar-refractivity contribution in [3.63, 3.8) is 0 Å². The van der Waals surface area contributed by atoms with Gasteiger partial charge in [-0.2, -0.15) is 0 Å². The topological polar surface area (TPSA) is 110 Å². The summed E-state index contributed by atoms with van der Waals surface area (Å²) in [5.74, 6) is 1.13. The number of carbonyl (C=O) groups excluding carboxylic acids is 1. The molecule has 0 saturated heterocycles. The number of nitrogens with two attached hydrogens (primary N) is 1. The van der Waals surface area contributed by atoms with Crippen LogP contribution in [0.4, 0.5) is 4.79 Å². The van der Waals surface area contributed by atoms with Crippen LogP contribution >= 0.6 is 0 Å². The molecule has 0 bridgehead atoms. The number of phenolic OH excluding ortho intramolecular Hbond substituents is 1. The molecule has 8 nitrogen and oxygen atoms in total. The van der Waals surface area contributed by atoms with Gasteiger partial charge in [-0.3, -0.25) is 0 Å². The molecule has 2 fully saturated rings. The van der Waals surface area contributed by atoms with Gasteiger partial charge in [0, 0.05) is 51.8 Å². The third-order valence-corrected chi connectivity index (χ3v) is 8.42. The summed E-state index contributed by atoms with van der Waals surface area (Å²) in [6.45, 7) is 10.4. The molecule has 4 atom stereocenters. The van der Waals surface area contributed by atoms with Crippen LogP contribution in [-0.2, 0) is 16.6 Å². The number of hydrogen-bond donors (Lipinski definition) is 4. The number of methoxy groups -OCH3 is 1. The number of aliphatic hydroxyl groups is 1. The van der Waals surface area contributed by atoms with Crippen LogP contribution in [0.1, 0.15) is 77.3 Å². The average Bonchev–Trinajstić information content (AvgIpc) is 3.69. The van der Waals surface area contributed by atoms with Crippen LogP contribution in [0, 0.1) is 5.92 Å². The molecule has 2 aliphatic carbocycles. The lowest BCUT2D eigenvalue weighted by molar-refractivity contribution is -0.915. The van der Waals surface area contributed by atoms with Crippen molar-refractivity contribution in [3.05, 3.63) is 23.3 Å². The monoisotopic (exact) mass is 522 g/mol. The first kappa shape index (κ1) is 31.3. The van der Waals surface area contributed by atoms with Crippen molar-refractivity contribution < 1.29 is 29.4 Å². The molecule has 0 aliphatic heterocycles. The largest absolute Gasteiger partial charge is 0.504 e. The van der Waals surface area contributed by atoms with Gasteiger partial charge in [-0.05, 0) is 64.0 Å². The lowest BCUT2D eigenvalue weighted by atomic mass is 9.58. The molecule has 0 spiro atoms. The maximum absolute atomic E-state index is 12.6. The quantitative estimate of drug-likeness (QED) is 0.376. The second-order valence-corrected chi connectivity index (χ2v) is 11.1. The predicted octanol–water partition coefficient (Wildman–Crippen LogP) is 2.87. The Hall–Kier alpha value is -1.87. The summed E-state index contributed by atoms with van der Waals surface area (Å²) in [6, 6.07) is 4.09. The van der Waals surface area contributed by atoms with Crippen molar-refractivity contribution in [3.8, 4) is 11.5 Å². The number of aryl methyl sites for hydroxylation is 1. The summed E-state index contributed by atoms with van der Waals surface area (Å²) in [7, 11) is 5.77. The van der Waals surface area contributed by atoms with Crippen LogP contribution in [0.25, 0.3) is 0 Å². The smallest absolute Gasteiger partial charge is 0.415 e. The summed E-state index contributed by atoms with van der Waals surface area (Å²) >= 11 is 0. The van der Waals surface area contributed by atoms with Gasteiger partial charge in [0.2, 0.25) is 0 Å². The van der Waals surface area contributed by atoms with E-state index in [4.69, 9.17) is 20.3 Å². The minimum absolute atomic E-state index is 0.0975. The first-order valence-corrected chi connectivity index (χ1v) is 14.0. The van der Waals surface area contributed by atoms with Crippen LogP contribution < -0.4 is 15.4 Å². The summed E-state index contributed by atoms with van der Waals surface area (Å²) in [5, 5.41) is 19.2. The van der Waals surface area contributed by atoms with Gasteiger partial charge in [0.15, 0.2) is 11.5 Å². The second kappa shape index (κ2) is 13.8. The Kier molecular flexibility index (Phi) is 11.7. The van der Waals surface area contributed by atoms with Gasteiger partial charge < -0.3 is 35.2 Å². The van der Waals surface area contributed by atoms with E-state index in [1.165, 1.54) is 22.6 Å². The lowest BCUT2D eigenvalue weighted by Crippen LogP contribution is -3.15. The number of likely N-dealkylation sites (N-methyl/N-ethyl adjacent to an activating group) is 2. The summed E-state index contributed by atoms with van der Waals surface area (Å²) in [5.41, 5.74) is 7.09. The number of carbonyl (C=O) groups is 1. The third kappa shape index (κ3) is 7.37.